The van der Waals surface area contributed by atoms with Gasteiger partial charge >= 0.3 is 0 Å². The third-order valence-electron chi connectivity index (χ3n) is 3.97. The van der Waals surface area contributed by atoms with Crippen LogP contribution in [0.4, 0.5) is 0 Å². The van der Waals surface area contributed by atoms with Crippen LogP contribution < -0.4 is 15.0 Å². The first kappa shape index (κ1) is 14.2. The predicted molar refractivity (Wildman–Crippen MR) is 89.9 cm³/mol. The smallest absolute Gasteiger partial charge is 0.258 e. The number of methoxy groups -OCH3 is 2. The Morgan fingerprint density at radius 2 is 1.68 bits per heavy atom. The summed E-state index contributed by atoms with van der Waals surface area (Å²) in [5.74, 6) is 1.15. The molecule has 0 aliphatic heterocycles. The number of pyridine rings is 1. The number of ether oxygens (including phenoxy) is 2. The SMILES string of the molecule is C=Cc1cccc2c3cc(OC)c(OC)cc3c(=O)n(C)c12. The van der Waals surface area contributed by atoms with Gasteiger partial charge < -0.3 is 14.0 Å². The van der Waals surface area contributed by atoms with Crippen molar-refractivity contribution >= 4 is 27.8 Å². The van der Waals surface area contributed by atoms with Crippen molar-refractivity contribution < 1.29 is 9.47 Å². The quantitative estimate of drug-likeness (QED) is 0.696. The van der Waals surface area contributed by atoms with Crippen LogP contribution in [0.15, 0.2) is 41.7 Å². The molecule has 0 spiro atoms. The molecule has 4 heteroatoms. The Morgan fingerprint density at radius 3 is 2.27 bits per heavy atom. The molecule has 4 nitrogen and oxygen atoms in total. The standard InChI is InChI=1S/C18H17NO3/c1-5-11-7-6-8-12-13-9-15(21-3)16(22-4)10-14(13)18(20)19(2)17(11)12/h5-10H,1H2,2-4H3. The van der Waals surface area contributed by atoms with Crippen molar-refractivity contribution in [3.05, 3.63) is 52.8 Å². The Hall–Kier alpha value is -2.75. The molecule has 0 aliphatic rings. The molecule has 22 heavy (non-hydrogen) atoms. The number of nitrogens with zero attached hydrogens (tertiary/aromatic N) is 1. The van der Waals surface area contributed by atoms with Gasteiger partial charge in [-0.2, -0.15) is 0 Å². The summed E-state index contributed by atoms with van der Waals surface area (Å²) in [4.78, 5) is 12.7. The fourth-order valence-corrected chi connectivity index (χ4v) is 2.88. The molecule has 0 aliphatic carbocycles. The molecule has 0 atom stereocenters. The van der Waals surface area contributed by atoms with E-state index in [4.69, 9.17) is 9.47 Å². The van der Waals surface area contributed by atoms with Gasteiger partial charge in [0.2, 0.25) is 0 Å². The summed E-state index contributed by atoms with van der Waals surface area (Å²) in [5, 5.41) is 2.43. The molecule has 0 amide bonds. The second kappa shape index (κ2) is 5.22. The third-order valence-corrected chi connectivity index (χ3v) is 3.97. The van der Waals surface area contributed by atoms with Crippen molar-refractivity contribution in [2.24, 2.45) is 7.05 Å². The molecule has 0 N–H and O–H groups in total. The summed E-state index contributed by atoms with van der Waals surface area (Å²) < 4.78 is 12.3. The van der Waals surface area contributed by atoms with Crippen molar-refractivity contribution in [3.8, 4) is 11.5 Å². The Labute approximate surface area is 128 Å². The predicted octanol–water partition coefficient (Wildman–Crippen LogP) is 3.35. The van der Waals surface area contributed by atoms with Gasteiger partial charge in [-0.3, -0.25) is 4.79 Å². The lowest BCUT2D eigenvalue weighted by molar-refractivity contribution is 0.356. The molecule has 0 saturated carbocycles. The summed E-state index contributed by atoms with van der Waals surface area (Å²) >= 11 is 0. The molecule has 0 fully saturated rings. The maximum absolute atomic E-state index is 12.7. The Kier molecular flexibility index (Phi) is 3.37. The molecule has 3 rings (SSSR count). The lowest BCUT2D eigenvalue weighted by Gasteiger charge is -2.14. The first-order chi connectivity index (χ1) is 10.6. The van der Waals surface area contributed by atoms with E-state index in [1.165, 1.54) is 0 Å². The number of hydrogen-bond donors (Lipinski definition) is 0. The van der Waals surface area contributed by atoms with Gasteiger partial charge in [-0.05, 0) is 17.7 Å². The monoisotopic (exact) mass is 295 g/mol. The molecule has 3 aromatic rings. The van der Waals surface area contributed by atoms with E-state index < -0.39 is 0 Å². The molecule has 0 unspecified atom stereocenters. The van der Waals surface area contributed by atoms with Crippen LogP contribution in [0.25, 0.3) is 27.8 Å². The van der Waals surface area contributed by atoms with Gasteiger partial charge in [-0.15, -0.1) is 0 Å². The van der Waals surface area contributed by atoms with Gasteiger partial charge in [0.25, 0.3) is 5.56 Å². The molecule has 0 saturated heterocycles. The van der Waals surface area contributed by atoms with E-state index in [-0.39, 0.29) is 5.56 Å². The van der Waals surface area contributed by atoms with Crippen LogP contribution in [0, 0.1) is 0 Å². The zero-order valence-corrected chi connectivity index (χ0v) is 12.8. The Bertz CT molecular complexity index is 954. The Morgan fingerprint density at radius 1 is 1.05 bits per heavy atom. The van der Waals surface area contributed by atoms with E-state index in [0.717, 1.165) is 21.9 Å². The number of para-hydroxylation sites is 1. The van der Waals surface area contributed by atoms with E-state index in [0.29, 0.717) is 16.9 Å². The zero-order chi connectivity index (χ0) is 15.9. The van der Waals surface area contributed by atoms with Crippen LogP contribution in [-0.4, -0.2) is 18.8 Å². The molecule has 0 radical (unpaired) electrons. The number of rotatable bonds is 3. The van der Waals surface area contributed by atoms with Crippen LogP contribution in [0.5, 0.6) is 11.5 Å². The van der Waals surface area contributed by atoms with Crippen molar-refractivity contribution in [2.75, 3.05) is 14.2 Å². The minimum atomic E-state index is -0.0715. The molecule has 1 heterocycles. The molecular weight excluding hydrogens is 278 g/mol. The lowest BCUT2D eigenvalue weighted by atomic mass is 10.0. The van der Waals surface area contributed by atoms with Gasteiger partial charge in [-0.1, -0.05) is 30.9 Å². The van der Waals surface area contributed by atoms with Crippen LogP contribution in [-0.2, 0) is 7.05 Å². The highest BCUT2D eigenvalue weighted by Gasteiger charge is 2.14. The van der Waals surface area contributed by atoms with Crippen LogP contribution >= 0.6 is 0 Å². The first-order valence-corrected chi connectivity index (χ1v) is 6.92. The van der Waals surface area contributed by atoms with Gasteiger partial charge in [0, 0.05) is 17.8 Å². The van der Waals surface area contributed by atoms with Crippen molar-refractivity contribution in [2.45, 2.75) is 0 Å². The van der Waals surface area contributed by atoms with Gasteiger partial charge in [-0.25, -0.2) is 0 Å². The van der Waals surface area contributed by atoms with Crippen LogP contribution in [0.3, 0.4) is 0 Å². The molecule has 1 aromatic heterocycles. The topological polar surface area (TPSA) is 40.5 Å². The van der Waals surface area contributed by atoms with E-state index in [1.54, 1.807) is 38.0 Å². The molecule has 2 aromatic carbocycles. The number of benzene rings is 2. The highest BCUT2D eigenvalue weighted by Crippen LogP contribution is 2.34. The summed E-state index contributed by atoms with van der Waals surface area (Å²) in [5.41, 5.74) is 1.72. The first-order valence-electron chi connectivity index (χ1n) is 6.92. The van der Waals surface area contributed by atoms with Gasteiger partial charge in [0.15, 0.2) is 11.5 Å². The zero-order valence-electron chi connectivity index (χ0n) is 12.8. The number of fused-ring (bicyclic) bond motifs is 3. The lowest BCUT2D eigenvalue weighted by Crippen LogP contribution is -2.18. The number of aromatic nitrogens is 1. The van der Waals surface area contributed by atoms with Gasteiger partial charge in [0.1, 0.15) is 0 Å². The Balaban J connectivity index is 2.61. The molecule has 0 bridgehead atoms. The second-order valence-corrected chi connectivity index (χ2v) is 5.06. The van der Waals surface area contributed by atoms with E-state index >= 15 is 0 Å². The second-order valence-electron chi connectivity index (χ2n) is 5.06. The van der Waals surface area contributed by atoms with E-state index in [2.05, 4.69) is 6.58 Å². The fraction of sp³-hybridized carbons (Fsp3) is 0.167. The summed E-state index contributed by atoms with van der Waals surface area (Å²) in [6.07, 6.45) is 1.76. The van der Waals surface area contributed by atoms with Crippen molar-refractivity contribution in [1.82, 2.24) is 4.57 Å². The molecule has 112 valence electrons. The van der Waals surface area contributed by atoms with Crippen LogP contribution in [0.1, 0.15) is 5.56 Å². The van der Waals surface area contributed by atoms with E-state index in [1.807, 2.05) is 24.3 Å². The molecular formula is C18H17NO3. The largest absolute Gasteiger partial charge is 0.493 e. The highest BCUT2D eigenvalue weighted by atomic mass is 16.5. The van der Waals surface area contributed by atoms with Crippen molar-refractivity contribution in [3.63, 3.8) is 0 Å². The minimum Gasteiger partial charge on any atom is -0.493 e. The normalized spacial score (nSPS) is 10.9. The maximum Gasteiger partial charge on any atom is 0.258 e. The fourth-order valence-electron chi connectivity index (χ4n) is 2.88. The highest BCUT2D eigenvalue weighted by molar-refractivity contribution is 6.08. The van der Waals surface area contributed by atoms with Crippen molar-refractivity contribution in [1.29, 1.82) is 0 Å². The summed E-state index contributed by atoms with van der Waals surface area (Å²) in [7, 11) is 4.92. The average molecular weight is 295 g/mol. The summed E-state index contributed by atoms with van der Waals surface area (Å²) in [6.45, 7) is 3.83. The average Bonchev–Trinajstić information content (AvgIpc) is 2.57. The minimum absolute atomic E-state index is 0.0715. The van der Waals surface area contributed by atoms with Gasteiger partial charge in [0.05, 0.1) is 25.1 Å². The maximum atomic E-state index is 12.7. The van der Waals surface area contributed by atoms with Crippen LogP contribution in [0.2, 0.25) is 0 Å². The summed E-state index contributed by atoms with van der Waals surface area (Å²) in [6, 6.07) is 9.48. The number of hydrogen-bond acceptors (Lipinski definition) is 3. The third kappa shape index (κ3) is 1.88. The van der Waals surface area contributed by atoms with E-state index in [9.17, 15) is 4.79 Å². The number of aryl methyl sites for hydroxylation is 1.